The van der Waals surface area contributed by atoms with Crippen LogP contribution in [0.2, 0.25) is 5.02 Å². The lowest BCUT2D eigenvalue weighted by Gasteiger charge is -2.17. The van der Waals surface area contributed by atoms with Crippen molar-refractivity contribution >= 4 is 23.0 Å². The minimum atomic E-state index is -0.520. The highest BCUT2D eigenvalue weighted by molar-refractivity contribution is 6.31. The van der Waals surface area contributed by atoms with Crippen LogP contribution in [0.3, 0.4) is 0 Å². The van der Waals surface area contributed by atoms with Gasteiger partial charge in [0.15, 0.2) is 0 Å². The molecule has 2 aromatic rings. The van der Waals surface area contributed by atoms with Gasteiger partial charge in [0.25, 0.3) is 0 Å². The minimum Gasteiger partial charge on any atom is -0.397 e. The summed E-state index contributed by atoms with van der Waals surface area (Å²) in [4.78, 5) is 4.04. The van der Waals surface area contributed by atoms with Crippen molar-refractivity contribution in [2.24, 2.45) is 0 Å². The average molecular weight is 266 g/mol. The van der Waals surface area contributed by atoms with Gasteiger partial charge in [-0.25, -0.2) is 4.39 Å². The SMILES string of the molecule is CC(Nc1cc(Cl)c(F)cc1N)c1cccnc1. The molecule has 3 nitrogen and oxygen atoms in total. The van der Waals surface area contributed by atoms with Gasteiger partial charge in [0.05, 0.1) is 22.4 Å². The molecule has 0 aliphatic rings. The van der Waals surface area contributed by atoms with Crippen LogP contribution in [0.1, 0.15) is 18.5 Å². The number of benzene rings is 1. The lowest BCUT2D eigenvalue weighted by molar-refractivity contribution is 0.629. The summed E-state index contributed by atoms with van der Waals surface area (Å²) in [5, 5.41) is 3.22. The van der Waals surface area contributed by atoms with Crippen molar-refractivity contribution in [3.8, 4) is 0 Å². The maximum atomic E-state index is 13.2. The summed E-state index contributed by atoms with van der Waals surface area (Å²) in [6.45, 7) is 1.97. The first-order chi connectivity index (χ1) is 8.58. The first-order valence-electron chi connectivity index (χ1n) is 5.49. The van der Waals surface area contributed by atoms with Crippen LogP contribution in [0.4, 0.5) is 15.8 Å². The molecule has 2 rings (SSSR count). The molecule has 5 heteroatoms. The number of nitrogen functional groups attached to an aromatic ring is 1. The van der Waals surface area contributed by atoms with Gasteiger partial charge < -0.3 is 11.1 Å². The largest absolute Gasteiger partial charge is 0.397 e. The summed E-state index contributed by atoms with van der Waals surface area (Å²) in [7, 11) is 0. The maximum absolute atomic E-state index is 13.2. The van der Waals surface area contributed by atoms with E-state index < -0.39 is 5.82 Å². The zero-order valence-electron chi connectivity index (χ0n) is 9.82. The molecule has 0 fully saturated rings. The Morgan fingerprint density at radius 1 is 1.44 bits per heavy atom. The van der Waals surface area contributed by atoms with Crippen molar-refractivity contribution in [2.75, 3.05) is 11.1 Å². The molecule has 18 heavy (non-hydrogen) atoms. The third-order valence-corrected chi connectivity index (χ3v) is 2.94. The number of rotatable bonds is 3. The summed E-state index contributed by atoms with van der Waals surface area (Å²) < 4.78 is 13.2. The Kier molecular flexibility index (Phi) is 3.67. The Bertz CT molecular complexity index is 545. The molecule has 0 saturated heterocycles. The fourth-order valence-electron chi connectivity index (χ4n) is 1.64. The van der Waals surface area contributed by atoms with Crippen molar-refractivity contribution in [2.45, 2.75) is 13.0 Å². The Balaban J connectivity index is 2.22. The number of hydrogen-bond donors (Lipinski definition) is 2. The smallest absolute Gasteiger partial charge is 0.143 e. The first-order valence-corrected chi connectivity index (χ1v) is 5.86. The molecule has 0 amide bonds. The first kappa shape index (κ1) is 12.6. The number of nitrogens with two attached hydrogens (primary N) is 1. The van der Waals surface area contributed by atoms with Crippen LogP contribution in [0.5, 0.6) is 0 Å². The van der Waals surface area contributed by atoms with Crippen LogP contribution >= 0.6 is 11.6 Å². The third-order valence-electron chi connectivity index (χ3n) is 2.65. The van der Waals surface area contributed by atoms with E-state index in [-0.39, 0.29) is 11.1 Å². The second-order valence-electron chi connectivity index (χ2n) is 4.01. The molecule has 1 atom stereocenters. The summed E-state index contributed by atoms with van der Waals surface area (Å²) in [5.74, 6) is -0.520. The molecule has 0 aliphatic carbocycles. The number of hydrogen-bond acceptors (Lipinski definition) is 3. The maximum Gasteiger partial charge on any atom is 0.143 e. The van der Waals surface area contributed by atoms with Crippen molar-refractivity contribution in [3.63, 3.8) is 0 Å². The molecule has 1 heterocycles. The number of anilines is 2. The van der Waals surface area contributed by atoms with E-state index in [4.69, 9.17) is 17.3 Å². The summed E-state index contributed by atoms with van der Waals surface area (Å²) in [6.07, 6.45) is 3.47. The lowest BCUT2D eigenvalue weighted by Crippen LogP contribution is -2.09. The molecule has 3 N–H and O–H groups in total. The highest BCUT2D eigenvalue weighted by Crippen LogP contribution is 2.29. The summed E-state index contributed by atoms with van der Waals surface area (Å²) >= 11 is 5.73. The van der Waals surface area contributed by atoms with E-state index in [1.165, 1.54) is 12.1 Å². The molecule has 0 spiro atoms. The third kappa shape index (κ3) is 2.71. The van der Waals surface area contributed by atoms with Gasteiger partial charge in [-0.1, -0.05) is 17.7 Å². The second-order valence-corrected chi connectivity index (χ2v) is 4.41. The van der Waals surface area contributed by atoms with Crippen LogP contribution < -0.4 is 11.1 Å². The Labute approximate surface area is 110 Å². The molecule has 0 aliphatic heterocycles. The molecule has 0 bridgehead atoms. The highest BCUT2D eigenvalue weighted by Gasteiger charge is 2.10. The summed E-state index contributed by atoms with van der Waals surface area (Å²) in [5.41, 5.74) is 7.69. The van der Waals surface area contributed by atoms with Crippen LogP contribution in [-0.4, -0.2) is 4.98 Å². The van der Waals surface area contributed by atoms with E-state index in [1.807, 2.05) is 19.1 Å². The monoisotopic (exact) mass is 265 g/mol. The quantitative estimate of drug-likeness (QED) is 0.833. The molecule has 0 radical (unpaired) electrons. The van der Waals surface area contributed by atoms with E-state index in [2.05, 4.69) is 10.3 Å². The number of nitrogens with zero attached hydrogens (tertiary/aromatic N) is 1. The molecule has 1 aromatic carbocycles. The Hall–Kier alpha value is -1.81. The van der Waals surface area contributed by atoms with Crippen LogP contribution in [-0.2, 0) is 0 Å². The molecule has 1 aromatic heterocycles. The fourth-order valence-corrected chi connectivity index (χ4v) is 1.80. The number of halogens is 2. The van der Waals surface area contributed by atoms with E-state index in [0.717, 1.165) is 5.56 Å². The number of aromatic nitrogens is 1. The Morgan fingerprint density at radius 3 is 2.89 bits per heavy atom. The average Bonchev–Trinajstić information content (AvgIpc) is 2.37. The zero-order valence-corrected chi connectivity index (χ0v) is 10.6. The molecular weight excluding hydrogens is 253 g/mol. The van der Waals surface area contributed by atoms with Crippen molar-refractivity contribution in [1.29, 1.82) is 0 Å². The summed E-state index contributed by atoms with van der Waals surface area (Å²) in [6, 6.07) is 6.50. The van der Waals surface area contributed by atoms with E-state index in [9.17, 15) is 4.39 Å². The van der Waals surface area contributed by atoms with Gasteiger partial charge in [-0.2, -0.15) is 0 Å². The lowest BCUT2D eigenvalue weighted by atomic mass is 10.1. The standard InChI is InChI=1S/C13H13ClFN3/c1-8(9-3-2-4-17-7-9)18-13-5-10(14)11(15)6-12(13)16/h2-8,18H,16H2,1H3. The molecule has 1 unspecified atom stereocenters. The normalized spacial score (nSPS) is 12.2. The second kappa shape index (κ2) is 5.23. The molecule has 94 valence electrons. The van der Waals surface area contributed by atoms with Gasteiger partial charge in [-0.15, -0.1) is 0 Å². The van der Waals surface area contributed by atoms with Crippen LogP contribution in [0.15, 0.2) is 36.7 Å². The molecule has 0 saturated carbocycles. The zero-order chi connectivity index (χ0) is 13.1. The fraction of sp³-hybridized carbons (Fsp3) is 0.154. The van der Waals surface area contributed by atoms with Gasteiger partial charge in [0, 0.05) is 18.5 Å². The van der Waals surface area contributed by atoms with Gasteiger partial charge in [-0.3, -0.25) is 4.98 Å². The predicted molar refractivity (Wildman–Crippen MR) is 72.1 cm³/mol. The van der Waals surface area contributed by atoms with E-state index in [0.29, 0.717) is 11.4 Å². The topological polar surface area (TPSA) is 50.9 Å². The van der Waals surface area contributed by atoms with Crippen LogP contribution in [0.25, 0.3) is 0 Å². The van der Waals surface area contributed by atoms with Crippen molar-refractivity contribution in [3.05, 3.63) is 53.1 Å². The van der Waals surface area contributed by atoms with Gasteiger partial charge >= 0.3 is 0 Å². The number of nitrogens with one attached hydrogen (secondary N) is 1. The van der Waals surface area contributed by atoms with Crippen LogP contribution in [0, 0.1) is 5.82 Å². The van der Waals surface area contributed by atoms with Crippen molar-refractivity contribution in [1.82, 2.24) is 4.98 Å². The van der Waals surface area contributed by atoms with Gasteiger partial charge in [0.2, 0.25) is 0 Å². The van der Waals surface area contributed by atoms with Crippen molar-refractivity contribution < 1.29 is 4.39 Å². The van der Waals surface area contributed by atoms with Gasteiger partial charge in [-0.05, 0) is 24.6 Å². The number of pyridine rings is 1. The predicted octanol–water partition coefficient (Wildman–Crippen LogP) is 3.63. The van der Waals surface area contributed by atoms with E-state index in [1.54, 1.807) is 12.4 Å². The Morgan fingerprint density at radius 2 is 2.22 bits per heavy atom. The minimum absolute atomic E-state index is 0.00234. The van der Waals surface area contributed by atoms with E-state index >= 15 is 0 Å². The highest BCUT2D eigenvalue weighted by atomic mass is 35.5. The van der Waals surface area contributed by atoms with Gasteiger partial charge in [0.1, 0.15) is 5.82 Å². The molecular formula is C13H13ClFN3.